The van der Waals surface area contributed by atoms with Gasteiger partial charge in [0.15, 0.2) is 0 Å². The van der Waals surface area contributed by atoms with Crippen LogP contribution in [0.2, 0.25) is 0 Å². The number of aromatic nitrogens is 2. The van der Waals surface area contributed by atoms with Crippen LogP contribution in [-0.4, -0.2) is 236 Å². The lowest BCUT2D eigenvalue weighted by atomic mass is 9.90. The van der Waals surface area contributed by atoms with Crippen molar-refractivity contribution in [2.24, 2.45) is 5.73 Å². The molecule has 1 aliphatic rings. The molecule has 1 saturated heterocycles. The van der Waals surface area contributed by atoms with E-state index in [4.69, 9.17) is 19.9 Å². The summed E-state index contributed by atoms with van der Waals surface area (Å²) in [6, 6.07) is 9.93. The van der Waals surface area contributed by atoms with Gasteiger partial charge in [0.25, 0.3) is 0 Å². The van der Waals surface area contributed by atoms with Crippen molar-refractivity contribution in [1.82, 2.24) is 68.0 Å². The molecule has 112 heavy (non-hydrogen) atoms. The van der Waals surface area contributed by atoms with Gasteiger partial charge in [0.2, 0.25) is 65.0 Å². The van der Waals surface area contributed by atoms with Gasteiger partial charge < -0.3 is 109 Å². The number of hydrogen-bond donors (Lipinski definition) is 17. The maximum Gasteiger partial charge on any atom is 0.407 e. The van der Waals surface area contributed by atoms with E-state index in [0.29, 0.717) is 29.2 Å². The summed E-state index contributed by atoms with van der Waals surface area (Å²) in [5, 5.41) is 75.4. The quantitative estimate of drug-likeness (QED) is 0.0215. The predicted octanol–water partition coefficient (Wildman–Crippen LogP) is -1.34. The number of halogens is 1. The first-order valence-corrected chi connectivity index (χ1v) is 35.8. The van der Waals surface area contributed by atoms with Crippen LogP contribution in [-0.2, 0) is 92.7 Å². The number of carbonyl (C=O) groups excluding carboxylic acids is 12. The summed E-state index contributed by atoms with van der Waals surface area (Å²) >= 11 is 0. The van der Waals surface area contributed by atoms with Crippen LogP contribution in [0.5, 0.6) is 11.5 Å². The predicted molar refractivity (Wildman–Crippen MR) is 396 cm³/mol. The van der Waals surface area contributed by atoms with Crippen LogP contribution in [0, 0.1) is 12.7 Å². The van der Waals surface area contributed by atoms with Gasteiger partial charge in [-0.25, -0.2) is 14.2 Å². The van der Waals surface area contributed by atoms with Gasteiger partial charge in [-0.2, -0.15) is 0 Å². The van der Waals surface area contributed by atoms with E-state index in [-0.39, 0.29) is 50.8 Å². The zero-order chi connectivity index (χ0) is 82.7. The molecule has 18 N–H and O–H groups in total. The highest BCUT2D eigenvalue weighted by atomic mass is 19.1. The summed E-state index contributed by atoms with van der Waals surface area (Å²) in [5.41, 5.74) is 5.57. The molecule has 12 amide bonds. The van der Waals surface area contributed by atoms with Gasteiger partial charge in [-0.1, -0.05) is 73.7 Å². The standard InChI is InChI=1S/C75H97FN14O22/c1-9-44-32-48(110-7)23-24-49(44)45-21-19-43(20-22-45)31-53(65(101)81-51(63(77)99)27-30-112-57-18-13-10-15-40(57)2)82-66(102)54(34-60(97)98)83-67(103)56(38-91)84-68(104)61(41(3)92)88-71(107)74(5,35-46-16-11-12-17-50(46)76)89-69(105)62(42(4)93)87-58(94)37-79-64(100)52(25-26-59(95)96)85-72(108)75(6)28-14-29-90(75)70(106)55(86-73(109)111-8)33-47-36-78-39-80-47/h10-13,15-24,32,36,39,41-42,51-56,61-62,91-93H,9,14,25-31,33-35,37-38H2,1-8H3,(H2,77,99)(H,78,80)(H,79,100)(H,81,101)(H,82,102)(H,83,103)(H,84,104)(H,85,108)(H,86,109)(H,87,94)(H,88,107)(H,89,105)(H,95,96)(H,97,98)/t41-,42-,51+,52+,53+,54+,55+,56+,61+,62+,74+,75+/m1/s1. The van der Waals surface area contributed by atoms with Crippen molar-refractivity contribution in [3.63, 3.8) is 0 Å². The highest BCUT2D eigenvalue weighted by Gasteiger charge is 2.49. The summed E-state index contributed by atoms with van der Waals surface area (Å²) in [6.07, 6.45) is -4.71. The van der Waals surface area contributed by atoms with Crippen molar-refractivity contribution >= 4 is 83.0 Å². The summed E-state index contributed by atoms with van der Waals surface area (Å²) in [5.74, 6) is -15.6. The van der Waals surface area contributed by atoms with E-state index < -0.39 is 199 Å². The van der Waals surface area contributed by atoms with Crippen molar-refractivity contribution < 1.29 is 111 Å². The molecule has 0 aliphatic carbocycles. The Morgan fingerprint density at radius 1 is 0.696 bits per heavy atom. The van der Waals surface area contributed by atoms with Crippen molar-refractivity contribution in [3.8, 4) is 22.6 Å². The van der Waals surface area contributed by atoms with Crippen LogP contribution in [0.15, 0.2) is 104 Å². The molecule has 12 atom stereocenters. The van der Waals surface area contributed by atoms with Crippen LogP contribution in [0.4, 0.5) is 9.18 Å². The molecular formula is C75H97FN14O22. The SMILES string of the molecule is CCc1cc(OC)ccc1-c1ccc(C[C@H](NC(=O)[C@H](CC(=O)O)NC(=O)[C@H](CO)NC(=O)[C@@H](NC(=O)[C@](C)(Cc2ccccc2F)NC(=O)[C@@H](NC(=O)CNC(=O)[C@H](CCC(=O)O)NC(=O)[C@]2(C)CCCN2C(=O)[C@H](Cc2c[nH]cn2)NC(=O)OC)[C@@H](C)O)[C@@H](C)O)C(=O)N[C@@H](CCOc2ccccc2C)C(N)=O)cc1. The molecule has 1 fully saturated rings. The Morgan fingerprint density at radius 3 is 1.94 bits per heavy atom. The number of hydrogen-bond acceptors (Lipinski definition) is 21. The number of nitrogens with two attached hydrogens (primary N) is 1. The maximum absolute atomic E-state index is 15.5. The van der Waals surface area contributed by atoms with E-state index in [1.54, 1.807) is 61.5 Å². The van der Waals surface area contributed by atoms with Crippen LogP contribution in [0.25, 0.3) is 11.1 Å². The van der Waals surface area contributed by atoms with E-state index in [2.05, 4.69) is 63.1 Å². The molecule has 0 radical (unpaired) electrons. The number of rotatable bonds is 42. The fraction of sp³-hybridized carbons (Fsp3) is 0.453. The number of nitrogens with one attached hydrogen (secondary N) is 11. The molecule has 0 unspecified atom stereocenters. The Morgan fingerprint density at radius 2 is 1.33 bits per heavy atom. The number of para-hydroxylation sites is 1. The van der Waals surface area contributed by atoms with Gasteiger partial charge in [0.1, 0.15) is 76.7 Å². The number of aliphatic hydroxyl groups excluding tert-OH is 3. The number of aliphatic hydroxyl groups is 3. The van der Waals surface area contributed by atoms with Crippen LogP contribution < -0.4 is 68.4 Å². The normalized spacial score (nSPS) is 16.3. The number of primary amides is 1. The van der Waals surface area contributed by atoms with Crippen LogP contribution in [0.3, 0.4) is 0 Å². The zero-order valence-corrected chi connectivity index (χ0v) is 63.0. The number of amides is 12. The lowest BCUT2D eigenvalue weighted by molar-refractivity contribution is -0.146. The Kier molecular flexibility index (Phi) is 33.0. The van der Waals surface area contributed by atoms with Gasteiger partial charge in [-0.3, -0.25) is 62.3 Å². The number of aliphatic carboxylic acids is 2. The molecule has 36 nitrogen and oxygen atoms in total. The van der Waals surface area contributed by atoms with E-state index in [1.165, 1.54) is 49.7 Å². The minimum absolute atomic E-state index is 0.0124. The van der Waals surface area contributed by atoms with E-state index in [9.17, 15) is 92.7 Å². The number of benzene rings is 4. The van der Waals surface area contributed by atoms with Crippen molar-refractivity contribution in [1.29, 1.82) is 0 Å². The number of aryl methyl sites for hydroxylation is 2. The first-order chi connectivity index (χ1) is 53.0. The number of carbonyl (C=O) groups is 14. The summed E-state index contributed by atoms with van der Waals surface area (Å²) in [7, 11) is 2.62. The number of carboxylic acid groups (broad SMARTS) is 2. The van der Waals surface area contributed by atoms with Gasteiger partial charge in [-0.15, -0.1) is 0 Å². The molecular weight excluding hydrogens is 1470 g/mol. The van der Waals surface area contributed by atoms with Gasteiger partial charge in [0.05, 0.1) is 64.6 Å². The highest BCUT2D eigenvalue weighted by molar-refractivity contribution is 6.01. The Bertz CT molecular complexity index is 4190. The van der Waals surface area contributed by atoms with E-state index in [1.807, 2.05) is 19.1 Å². The van der Waals surface area contributed by atoms with Crippen molar-refractivity contribution in [3.05, 3.63) is 137 Å². The maximum atomic E-state index is 15.5. The minimum atomic E-state index is -2.45. The second-order valence-corrected chi connectivity index (χ2v) is 27.2. The molecule has 6 rings (SSSR count). The number of H-pyrrole nitrogens is 1. The minimum Gasteiger partial charge on any atom is -0.497 e. The average molecular weight is 1570 g/mol. The molecule has 0 bridgehead atoms. The fourth-order valence-electron chi connectivity index (χ4n) is 12.3. The molecule has 606 valence electrons. The Balaban J connectivity index is 1.17. The number of carboxylic acids is 2. The number of methoxy groups -OCH3 is 2. The molecule has 0 saturated carbocycles. The van der Waals surface area contributed by atoms with Crippen molar-refractivity contribution in [2.75, 3.05) is 40.5 Å². The fourth-order valence-corrected chi connectivity index (χ4v) is 12.3. The lowest BCUT2D eigenvalue weighted by Gasteiger charge is -2.37. The van der Waals surface area contributed by atoms with Gasteiger partial charge in [-0.05, 0) is 118 Å². The van der Waals surface area contributed by atoms with Gasteiger partial charge >= 0.3 is 18.0 Å². The smallest absolute Gasteiger partial charge is 0.407 e. The van der Waals surface area contributed by atoms with Gasteiger partial charge in [0, 0.05) is 44.8 Å². The lowest BCUT2D eigenvalue weighted by Crippen LogP contribution is -2.67. The number of imidazole rings is 1. The number of alkyl carbamates (subject to hydrolysis) is 1. The third-order valence-corrected chi connectivity index (χ3v) is 18.6. The van der Waals surface area contributed by atoms with Crippen LogP contribution in [0.1, 0.15) is 101 Å². The second-order valence-electron chi connectivity index (χ2n) is 27.2. The summed E-state index contributed by atoms with van der Waals surface area (Å²) in [6.45, 7) is 5.80. The molecule has 0 spiro atoms. The molecule has 2 heterocycles. The van der Waals surface area contributed by atoms with E-state index in [0.717, 1.165) is 56.2 Å². The Labute approximate surface area is 643 Å². The third kappa shape index (κ3) is 25.2. The Hall–Kier alpha value is -12.1. The number of ether oxygens (including phenoxy) is 3. The number of aromatic amines is 1. The molecule has 4 aromatic carbocycles. The topological polar surface area (TPSA) is 546 Å². The average Bonchev–Trinajstić information content (AvgIpc) is 1.62. The third-order valence-electron chi connectivity index (χ3n) is 18.6. The highest BCUT2D eigenvalue weighted by Crippen LogP contribution is 2.32. The first-order valence-electron chi connectivity index (χ1n) is 35.8. The monoisotopic (exact) mass is 1560 g/mol. The molecule has 1 aliphatic heterocycles. The van der Waals surface area contributed by atoms with E-state index >= 15 is 4.39 Å². The van der Waals surface area contributed by atoms with Crippen molar-refractivity contribution in [2.45, 2.75) is 177 Å². The first kappa shape index (κ1) is 88.8. The summed E-state index contributed by atoms with van der Waals surface area (Å²) < 4.78 is 31.5. The van der Waals surface area contributed by atoms with Crippen LogP contribution >= 0.6 is 0 Å². The summed E-state index contributed by atoms with van der Waals surface area (Å²) in [4.78, 5) is 199. The number of likely N-dealkylation sites (tertiary alicyclic amines) is 1. The molecule has 5 aromatic rings. The number of nitrogens with zero attached hydrogens (tertiary/aromatic N) is 2. The second kappa shape index (κ2) is 41.6. The molecule has 1 aromatic heterocycles. The molecule has 37 heteroatoms. The largest absolute Gasteiger partial charge is 0.497 e. The zero-order valence-electron chi connectivity index (χ0n) is 63.0.